The molecular weight excluding hydrogens is 250 g/mol. The first kappa shape index (κ1) is 12.7. The molecule has 4 heteroatoms. The maximum atomic E-state index is 5.40. The molecule has 3 aromatic rings. The Hall–Kier alpha value is -2.36. The van der Waals surface area contributed by atoms with Crippen LogP contribution in [0.15, 0.2) is 47.1 Å². The van der Waals surface area contributed by atoms with E-state index in [9.17, 15) is 0 Å². The fourth-order valence-electron chi connectivity index (χ4n) is 2.11. The summed E-state index contributed by atoms with van der Waals surface area (Å²) in [4.78, 5) is 9.16. The summed E-state index contributed by atoms with van der Waals surface area (Å²) in [5, 5.41) is 4.44. The molecule has 0 saturated heterocycles. The minimum absolute atomic E-state index is 0.618. The van der Waals surface area contributed by atoms with E-state index in [1.54, 1.807) is 6.26 Å². The van der Waals surface area contributed by atoms with Gasteiger partial charge in [0.2, 0.25) is 0 Å². The second-order valence-corrected chi connectivity index (χ2v) is 4.67. The zero-order valence-corrected chi connectivity index (χ0v) is 11.5. The van der Waals surface area contributed by atoms with E-state index >= 15 is 0 Å². The first-order valence-electron chi connectivity index (χ1n) is 6.93. The van der Waals surface area contributed by atoms with Crippen molar-refractivity contribution in [3.8, 4) is 11.6 Å². The number of benzene rings is 1. The van der Waals surface area contributed by atoms with Gasteiger partial charge in [0.15, 0.2) is 11.6 Å². The molecule has 20 heavy (non-hydrogen) atoms. The molecule has 0 atom stereocenters. The quantitative estimate of drug-likeness (QED) is 0.707. The normalized spacial score (nSPS) is 10.8. The number of nitrogens with one attached hydrogen (secondary N) is 1. The number of fused-ring (bicyclic) bond motifs is 1. The van der Waals surface area contributed by atoms with E-state index in [0.29, 0.717) is 11.6 Å². The van der Waals surface area contributed by atoms with Crippen molar-refractivity contribution in [3.05, 3.63) is 42.7 Å². The number of nitrogens with zero attached hydrogens (tertiary/aromatic N) is 2. The highest BCUT2D eigenvalue weighted by molar-refractivity contribution is 5.90. The first-order valence-corrected chi connectivity index (χ1v) is 6.93. The van der Waals surface area contributed by atoms with Gasteiger partial charge in [0.25, 0.3) is 0 Å². The van der Waals surface area contributed by atoms with Gasteiger partial charge in [0, 0.05) is 11.9 Å². The zero-order chi connectivity index (χ0) is 13.8. The van der Waals surface area contributed by atoms with Crippen LogP contribution in [-0.2, 0) is 0 Å². The standard InChI is InChI=1S/C16H17N3O/c1-2-3-10-17-15-12-7-4-5-8-13(12)18-16(19-15)14-9-6-11-20-14/h4-9,11H,2-3,10H2,1H3,(H,17,18,19). The third kappa shape index (κ3) is 2.50. The smallest absolute Gasteiger partial charge is 0.198 e. The zero-order valence-electron chi connectivity index (χ0n) is 11.5. The van der Waals surface area contributed by atoms with E-state index in [2.05, 4.69) is 22.2 Å². The average molecular weight is 267 g/mol. The SMILES string of the molecule is CCCCNc1nc(-c2ccco2)nc2ccccc12. The molecule has 3 rings (SSSR count). The topological polar surface area (TPSA) is 51.0 Å². The largest absolute Gasteiger partial charge is 0.461 e. The van der Waals surface area contributed by atoms with Crippen LogP contribution in [0.3, 0.4) is 0 Å². The monoisotopic (exact) mass is 267 g/mol. The van der Waals surface area contributed by atoms with Crippen molar-refractivity contribution in [2.24, 2.45) is 0 Å². The molecule has 1 aromatic carbocycles. The van der Waals surface area contributed by atoms with E-state index < -0.39 is 0 Å². The Balaban J connectivity index is 2.05. The van der Waals surface area contributed by atoms with Gasteiger partial charge in [-0.2, -0.15) is 0 Å². The van der Waals surface area contributed by atoms with Crippen LogP contribution in [0.25, 0.3) is 22.5 Å². The summed E-state index contributed by atoms with van der Waals surface area (Å²) >= 11 is 0. The van der Waals surface area contributed by atoms with Crippen molar-refractivity contribution in [1.82, 2.24) is 9.97 Å². The van der Waals surface area contributed by atoms with E-state index in [4.69, 9.17) is 4.42 Å². The summed E-state index contributed by atoms with van der Waals surface area (Å²) in [5.74, 6) is 2.18. The molecule has 1 N–H and O–H groups in total. The number of rotatable bonds is 5. The van der Waals surface area contributed by atoms with E-state index in [0.717, 1.165) is 36.1 Å². The molecular formula is C16H17N3O. The van der Waals surface area contributed by atoms with Gasteiger partial charge in [-0.3, -0.25) is 0 Å². The lowest BCUT2D eigenvalue weighted by Crippen LogP contribution is -2.05. The predicted octanol–water partition coefficient (Wildman–Crippen LogP) is 4.10. The van der Waals surface area contributed by atoms with Gasteiger partial charge in [-0.05, 0) is 30.7 Å². The molecule has 2 aromatic heterocycles. The summed E-state index contributed by atoms with van der Waals surface area (Å²) in [7, 11) is 0. The third-order valence-electron chi connectivity index (χ3n) is 3.17. The number of unbranched alkanes of at least 4 members (excludes halogenated alkanes) is 1. The Labute approximate surface area is 117 Å². The third-order valence-corrected chi connectivity index (χ3v) is 3.17. The molecule has 0 spiro atoms. The summed E-state index contributed by atoms with van der Waals surface area (Å²) in [6.45, 7) is 3.09. The lowest BCUT2D eigenvalue weighted by atomic mass is 10.2. The molecule has 2 heterocycles. The van der Waals surface area contributed by atoms with Crippen LogP contribution in [0.5, 0.6) is 0 Å². The first-order chi connectivity index (χ1) is 9.88. The molecule has 0 radical (unpaired) electrons. The summed E-state index contributed by atoms with van der Waals surface area (Å²) < 4.78 is 5.40. The van der Waals surface area contributed by atoms with Gasteiger partial charge in [0.05, 0.1) is 11.8 Å². The number of para-hydroxylation sites is 1. The van der Waals surface area contributed by atoms with Gasteiger partial charge in [-0.25, -0.2) is 9.97 Å². The second kappa shape index (κ2) is 5.74. The molecule has 0 fully saturated rings. The lowest BCUT2D eigenvalue weighted by molar-refractivity contribution is 0.577. The summed E-state index contributed by atoms with van der Waals surface area (Å²) in [6, 6.07) is 11.7. The number of furan rings is 1. The van der Waals surface area contributed by atoms with Crippen LogP contribution >= 0.6 is 0 Å². The summed E-state index contributed by atoms with van der Waals surface area (Å²) in [6.07, 6.45) is 3.91. The summed E-state index contributed by atoms with van der Waals surface area (Å²) in [5.41, 5.74) is 0.924. The Morgan fingerprint density at radius 3 is 2.80 bits per heavy atom. The maximum absolute atomic E-state index is 5.40. The fourth-order valence-corrected chi connectivity index (χ4v) is 2.11. The molecule has 0 amide bonds. The molecule has 0 saturated carbocycles. The number of aromatic nitrogens is 2. The molecule has 0 aliphatic heterocycles. The van der Waals surface area contributed by atoms with Crippen molar-refractivity contribution in [2.45, 2.75) is 19.8 Å². The van der Waals surface area contributed by atoms with Crippen molar-refractivity contribution in [1.29, 1.82) is 0 Å². The Morgan fingerprint density at radius 1 is 1.10 bits per heavy atom. The lowest BCUT2D eigenvalue weighted by Gasteiger charge is -2.09. The van der Waals surface area contributed by atoms with Crippen molar-refractivity contribution >= 4 is 16.7 Å². The van der Waals surface area contributed by atoms with Gasteiger partial charge in [0.1, 0.15) is 5.82 Å². The van der Waals surface area contributed by atoms with Crippen molar-refractivity contribution in [3.63, 3.8) is 0 Å². The fraction of sp³-hybridized carbons (Fsp3) is 0.250. The highest BCUT2D eigenvalue weighted by Gasteiger charge is 2.10. The van der Waals surface area contributed by atoms with Crippen LogP contribution in [0.2, 0.25) is 0 Å². The predicted molar refractivity (Wildman–Crippen MR) is 80.6 cm³/mol. The van der Waals surface area contributed by atoms with E-state index in [1.807, 2.05) is 36.4 Å². The minimum atomic E-state index is 0.618. The number of hydrogen-bond acceptors (Lipinski definition) is 4. The molecule has 0 bridgehead atoms. The van der Waals surface area contributed by atoms with Gasteiger partial charge in [-0.1, -0.05) is 25.5 Å². The Kier molecular flexibility index (Phi) is 3.63. The van der Waals surface area contributed by atoms with Crippen LogP contribution < -0.4 is 5.32 Å². The van der Waals surface area contributed by atoms with Crippen molar-refractivity contribution < 1.29 is 4.42 Å². The average Bonchev–Trinajstić information content (AvgIpc) is 3.01. The Bertz CT molecular complexity index is 692. The molecule has 0 unspecified atom stereocenters. The van der Waals surface area contributed by atoms with Crippen LogP contribution in [0.4, 0.5) is 5.82 Å². The molecule has 0 aliphatic carbocycles. The van der Waals surface area contributed by atoms with Crippen LogP contribution in [-0.4, -0.2) is 16.5 Å². The van der Waals surface area contributed by atoms with Gasteiger partial charge in [-0.15, -0.1) is 0 Å². The molecule has 0 aliphatic rings. The van der Waals surface area contributed by atoms with E-state index in [1.165, 1.54) is 0 Å². The van der Waals surface area contributed by atoms with Gasteiger partial charge >= 0.3 is 0 Å². The number of anilines is 1. The second-order valence-electron chi connectivity index (χ2n) is 4.67. The van der Waals surface area contributed by atoms with Crippen LogP contribution in [0.1, 0.15) is 19.8 Å². The molecule has 4 nitrogen and oxygen atoms in total. The minimum Gasteiger partial charge on any atom is -0.461 e. The number of hydrogen-bond donors (Lipinski definition) is 1. The van der Waals surface area contributed by atoms with Crippen molar-refractivity contribution in [2.75, 3.05) is 11.9 Å². The highest BCUT2D eigenvalue weighted by Crippen LogP contribution is 2.24. The van der Waals surface area contributed by atoms with E-state index in [-0.39, 0.29) is 0 Å². The highest BCUT2D eigenvalue weighted by atomic mass is 16.3. The van der Waals surface area contributed by atoms with Gasteiger partial charge < -0.3 is 9.73 Å². The maximum Gasteiger partial charge on any atom is 0.198 e. The van der Waals surface area contributed by atoms with Crippen LogP contribution in [0, 0.1) is 0 Å². The molecule has 102 valence electrons. The Morgan fingerprint density at radius 2 is 2.00 bits per heavy atom.